The van der Waals surface area contributed by atoms with E-state index in [0.29, 0.717) is 6.54 Å². The van der Waals surface area contributed by atoms with Gasteiger partial charge in [0.2, 0.25) is 5.91 Å². The first-order chi connectivity index (χ1) is 8.25. The number of amides is 1. The molecule has 18 heavy (non-hydrogen) atoms. The summed E-state index contributed by atoms with van der Waals surface area (Å²) < 4.78 is 0. The van der Waals surface area contributed by atoms with Gasteiger partial charge < -0.3 is 5.32 Å². The van der Waals surface area contributed by atoms with Gasteiger partial charge in [-0.05, 0) is 41.5 Å². The van der Waals surface area contributed by atoms with E-state index < -0.39 is 0 Å². The zero-order valence-corrected chi connectivity index (χ0v) is 12.6. The number of hydrogen-bond donors (Lipinski definition) is 1. The number of halogens is 1. The van der Waals surface area contributed by atoms with Crippen molar-refractivity contribution in [3.63, 3.8) is 0 Å². The maximum Gasteiger partial charge on any atom is 0.235 e. The van der Waals surface area contributed by atoms with Crippen LogP contribution in [0, 0.1) is 13.8 Å². The van der Waals surface area contributed by atoms with Gasteiger partial charge in [0.25, 0.3) is 0 Å². The minimum atomic E-state index is -0.129. The van der Waals surface area contributed by atoms with Crippen LogP contribution in [0.3, 0.4) is 0 Å². The molecule has 0 aromatic heterocycles. The SMILES string of the molecule is Cc1cc(C(C)(C)C)cc(C)c1CNC(=O)CCl. The van der Waals surface area contributed by atoms with Crippen LogP contribution in [0.4, 0.5) is 0 Å². The van der Waals surface area contributed by atoms with Crippen molar-refractivity contribution in [1.82, 2.24) is 5.32 Å². The van der Waals surface area contributed by atoms with E-state index in [9.17, 15) is 4.79 Å². The number of alkyl halides is 1. The predicted molar refractivity (Wildman–Crippen MR) is 77.2 cm³/mol. The Morgan fingerprint density at radius 1 is 1.22 bits per heavy atom. The van der Waals surface area contributed by atoms with E-state index in [1.165, 1.54) is 22.3 Å². The zero-order valence-electron chi connectivity index (χ0n) is 11.9. The number of benzene rings is 1. The van der Waals surface area contributed by atoms with E-state index in [1.54, 1.807) is 0 Å². The Balaban J connectivity index is 2.98. The quantitative estimate of drug-likeness (QED) is 0.835. The van der Waals surface area contributed by atoms with Crippen molar-refractivity contribution in [3.8, 4) is 0 Å². The van der Waals surface area contributed by atoms with Gasteiger partial charge in [0.1, 0.15) is 5.88 Å². The van der Waals surface area contributed by atoms with Crippen molar-refractivity contribution in [1.29, 1.82) is 0 Å². The lowest BCUT2D eigenvalue weighted by Crippen LogP contribution is -2.25. The van der Waals surface area contributed by atoms with Gasteiger partial charge in [-0.2, -0.15) is 0 Å². The van der Waals surface area contributed by atoms with Crippen molar-refractivity contribution in [2.45, 2.75) is 46.6 Å². The Labute approximate surface area is 115 Å². The molecule has 0 spiro atoms. The molecule has 0 heterocycles. The van der Waals surface area contributed by atoms with Crippen molar-refractivity contribution in [2.75, 3.05) is 5.88 Å². The van der Waals surface area contributed by atoms with E-state index in [-0.39, 0.29) is 17.2 Å². The van der Waals surface area contributed by atoms with E-state index in [2.05, 4.69) is 52.1 Å². The van der Waals surface area contributed by atoms with Gasteiger partial charge in [-0.3, -0.25) is 4.79 Å². The number of carbonyl (C=O) groups is 1. The lowest BCUT2D eigenvalue weighted by Gasteiger charge is -2.22. The van der Waals surface area contributed by atoms with Gasteiger partial charge in [-0.1, -0.05) is 32.9 Å². The fourth-order valence-electron chi connectivity index (χ4n) is 1.94. The molecule has 0 radical (unpaired) electrons. The Bertz CT molecular complexity index is 423. The smallest absolute Gasteiger partial charge is 0.235 e. The van der Waals surface area contributed by atoms with Gasteiger partial charge in [0.05, 0.1) is 0 Å². The van der Waals surface area contributed by atoms with E-state index in [4.69, 9.17) is 11.6 Å². The molecule has 0 saturated heterocycles. The Kier molecular flexibility index (Phi) is 4.80. The van der Waals surface area contributed by atoms with Crippen molar-refractivity contribution >= 4 is 17.5 Å². The molecule has 2 nitrogen and oxygen atoms in total. The van der Waals surface area contributed by atoms with E-state index in [0.717, 1.165) is 0 Å². The molecular weight excluding hydrogens is 246 g/mol. The third-order valence-corrected chi connectivity index (χ3v) is 3.39. The maximum atomic E-state index is 11.2. The second-order valence-electron chi connectivity index (χ2n) is 5.75. The van der Waals surface area contributed by atoms with Gasteiger partial charge in [0, 0.05) is 6.54 Å². The molecule has 1 aromatic rings. The lowest BCUT2D eigenvalue weighted by atomic mass is 9.84. The molecule has 0 aliphatic heterocycles. The summed E-state index contributed by atoms with van der Waals surface area (Å²) in [6.07, 6.45) is 0. The molecular formula is C15H22ClNO. The van der Waals surface area contributed by atoms with Crippen molar-refractivity contribution in [2.24, 2.45) is 0 Å². The third kappa shape index (κ3) is 3.74. The molecule has 0 aliphatic carbocycles. The Hall–Kier alpha value is -1.02. The summed E-state index contributed by atoms with van der Waals surface area (Å²) in [5.74, 6) is -0.117. The number of rotatable bonds is 3. The second-order valence-corrected chi connectivity index (χ2v) is 6.02. The average molecular weight is 268 g/mol. The predicted octanol–water partition coefficient (Wildman–Crippen LogP) is 3.46. The molecule has 0 unspecified atom stereocenters. The fourth-order valence-corrected chi connectivity index (χ4v) is 2.03. The van der Waals surface area contributed by atoms with Gasteiger partial charge in [-0.15, -0.1) is 11.6 Å². The minimum Gasteiger partial charge on any atom is -0.351 e. The molecule has 0 atom stereocenters. The zero-order chi connectivity index (χ0) is 13.9. The summed E-state index contributed by atoms with van der Waals surface area (Å²) >= 11 is 5.47. The standard InChI is InChI=1S/C15H22ClNO/c1-10-6-12(15(3,4)5)7-11(2)13(10)9-17-14(18)8-16/h6-7H,8-9H2,1-5H3,(H,17,18). The molecule has 0 fully saturated rings. The molecule has 1 aromatic carbocycles. The fraction of sp³-hybridized carbons (Fsp3) is 0.533. The first-order valence-corrected chi connectivity index (χ1v) is 6.72. The lowest BCUT2D eigenvalue weighted by molar-refractivity contribution is -0.118. The normalized spacial score (nSPS) is 11.4. The van der Waals surface area contributed by atoms with Gasteiger partial charge in [0.15, 0.2) is 0 Å². The summed E-state index contributed by atoms with van der Waals surface area (Å²) in [6.45, 7) is 11.3. The molecule has 1 amide bonds. The highest BCUT2D eigenvalue weighted by molar-refractivity contribution is 6.27. The number of nitrogens with one attached hydrogen (secondary N) is 1. The summed E-state index contributed by atoms with van der Waals surface area (Å²) in [7, 11) is 0. The van der Waals surface area contributed by atoms with Crippen LogP contribution in [-0.2, 0) is 16.8 Å². The van der Waals surface area contributed by atoms with Gasteiger partial charge >= 0.3 is 0 Å². The van der Waals surface area contributed by atoms with Crippen LogP contribution in [0.15, 0.2) is 12.1 Å². The van der Waals surface area contributed by atoms with Crippen molar-refractivity contribution in [3.05, 3.63) is 34.4 Å². The minimum absolute atomic E-state index is 0.0121. The number of aryl methyl sites for hydroxylation is 2. The van der Waals surface area contributed by atoms with Crippen LogP contribution in [0.5, 0.6) is 0 Å². The first-order valence-electron chi connectivity index (χ1n) is 6.19. The summed E-state index contributed by atoms with van der Waals surface area (Å²) in [5, 5.41) is 2.82. The summed E-state index contributed by atoms with van der Waals surface area (Å²) in [4.78, 5) is 11.2. The highest BCUT2D eigenvalue weighted by Gasteiger charge is 2.16. The van der Waals surface area contributed by atoms with E-state index >= 15 is 0 Å². The van der Waals surface area contributed by atoms with Crippen LogP contribution in [0.1, 0.15) is 43.0 Å². The van der Waals surface area contributed by atoms with Gasteiger partial charge in [-0.25, -0.2) is 0 Å². The molecule has 1 N–H and O–H groups in total. The molecule has 0 saturated carbocycles. The molecule has 1 rings (SSSR count). The summed E-state index contributed by atoms with van der Waals surface area (Å²) in [5.41, 5.74) is 5.09. The van der Waals surface area contributed by atoms with Crippen molar-refractivity contribution < 1.29 is 4.79 Å². The van der Waals surface area contributed by atoms with Crippen LogP contribution in [-0.4, -0.2) is 11.8 Å². The Morgan fingerprint density at radius 3 is 2.11 bits per heavy atom. The van der Waals surface area contributed by atoms with Crippen LogP contribution < -0.4 is 5.32 Å². The maximum absolute atomic E-state index is 11.2. The van der Waals surface area contributed by atoms with Crippen LogP contribution >= 0.6 is 11.6 Å². The number of carbonyl (C=O) groups excluding carboxylic acids is 1. The second kappa shape index (κ2) is 5.75. The first kappa shape index (κ1) is 15.0. The topological polar surface area (TPSA) is 29.1 Å². The van der Waals surface area contributed by atoms with E-state index in [1.807, 2.05) is 0 Å². The monoisotopic (exact) mass is 267 g/mol. The molecule has 0 bridgehead atoms. The van der Waals surface area contributed by atoms with Crippen LogP contribution in [0.2, 0.25) is 0 Å². The summed E-state index contributed by atoms with van der Waals surface area (Å²) in [6, 6.07) is 4.41. The Morgan fingerprint density at radius 2 is 1.72 bits per heavy atom. The highest BCUT2D eigenvalue weighted by atomic mass is 35.5. The third-order valence-electron chi connectivity index (χ3n) is 3.15. The molecule has 0 aliphatic rings. The average Bonchev–Trinajstić information content (AvgIpc) is 2.26. The molecule has 3 heteroatoms. The largest absolute Gasteiger partial charge is 0.351 e. The molecule has 100 valence electrons. The number of hydrogen-bond acceptors (Lipinski definition) is 1. The highest BCUT2D eigenvalue weighted by Crippen LogP contribution is 2.26. The van der Waals surface area contributed by atoms with Crippen LogP contribution in [0.25, 0.3) is 0 Å².